The van der Waals surface area contributed by atoms with Crippen molar-refractivity contribution in [3.63, 3.8) is 0 Å². The number of likely N-dealkylation sites (tertiary alicyclic amines) is 2. The molecule has 1 N–H and O–H groups in total. The minimum Gasteiger partial charge on any atom is -0.449 e. The van der Waals surface area contributed by atoms with Gasteiger partial charge in [-0.1, -0.05) is 13.3 Å². The molecule has 7 heteroatoms. The maximum Gasteiger partial charge on any atom is 0.409 e. The number of aromatic nitrogens is 2. The monoisotopic (exact) mass is 362 g/mol. The van der Waals surface area contributed by atoms with Gasteiger partial charge in [0.2, 0.25) is 5.91 Å². The Hall–Kier alpha value is -2.05. The fourth-order valence-corrected chi connectivity index (χ4v) is 4.07. The molecule has 2 aliphatic heterocycles. The highest BCUT2D eigenvalue weighted by Gasteiger charge is 2.42. The molecule has 0 bridgehead atoms. The van der Waals surface area contributed by atoms with Gasteiger partial charge < -0.3 is 19.5 Å². The van der Waals surface area contributed by atoms with E-state index in [0.29, 0.717) is 26.1 Å². The maximum absolute atomic E-state index is 12.4. The summed E-state index contributed by atoms with van der Waals surface area (Å²) in [6, 6.07) is 0. The van der Waals surface area contributed by atoms with E-state index in [2.05, 4.69) is 16.9 Å². The predicted molar refractivity (Wildman–Crippen MR) is 97.6 cm³/mol. The number of piperidine rings is 2. The number of unbranched alkanes of at least 4 members (excludes halogenated alkanes) is 1. The molecule has 0 radical (unpaired) electrons. The molecular formula is C19H30N4O3. The van der Waals surface area contributed by atoms with Gasteiger partial charge in [-0.2, -0.15) is 0 Å². The first-order valence-corrected chi connectivity index (χ1v) is 9.79. The van der Waals surface area contributed by atoms with Crippen LogP contribution in [0.4, 0.5) is 4.79 Å². The number of carbonyl (C=O) groups is 2. The minimum absolute atomic E-state index is 0.0178. The van der Waals surface area contributed by atoms with Crippen molar-refractivity contribution in [3.8, 4) is 0 Å². The molecular weight excluding hydrogens is 332 g/mol. The van der Waals surface area contributed by atoms with Crippen LogP contribution in [0.1, 0.15) is 51.1 Å². The molecule has 0 aliphatic carbocycles. The Balaban J connectivity index is 1.57. The summed E-state index contributed by atoms with van der Waals surface area (Å²) in [4.78, 5) is 35.6. The summed E-state index contributed by atoms with van der Waals surface area (Å²) in [5.74, 6) is 0.220. The third-order valence-electron chi connectivity index (χ3n) is 5.60. The highest BCUT2D eigenvalue weighted by Crippen LogP contribution is 2.39. The molecule has 2 aliphatic rings. The third kappa shape index (κ3) is 4.56. The molecule has 26 heavy (non-hydrogen) atoms. The standard InChI is InChI=1S/C19H30N4O3/c1-2-3-11-26-18(25)23-9-4-7-19(14-23)8-5-17(24)22(13-19)10-6-16-12-20-15-21-16/h12,15H,2-11,13-14H2,1H3,(H,20,21)/t19-/m1/s1. The molecule has 2 fully saturated rings. The van der Waals surface area contributed by atoms with E-state index >= 15 is 0 Å². The zero-order valence-corrected chi connectivity index (χ0v) is 15.7. The summed E-state index contributed by atoms with van der Waals surface area (Å²) in [6.07, 6.45) is 9.46. The molecule has 0 saturated carbocycles. The van der Waals surface area contributed by atoms with Crippen molar-refractivity contribution in [2.24, 2.45) is 5.41 Å². The number of ether oxygens (including phenoxy) is 1. The Morgan fingerprint density at radius 3 is 3.04 bits per heavy atom. The highest BCUT2D eigenvalue weighted by molar-refractivity contribution is 5.77. The van der Waals surface area contributed by atoms with Crippen molar-refractivity contribution in [3.05, 3.63) is 18.2 Å². The number of aromatic amines is 1. The van der Waals surface area contributed by atoms with E-state index in [1.54, 1.807) is 12.5 Å². The Morgan fingerprint density at radius 2 is 2.27 bits per heavy atom. The van der Waals surface area contributed by atoms with Gasteiger partial charge in [-0.05, 0) is 25.7 Å². The number of nitrogens with zero attached hydrogens (tertiary/aromatic N) is 3. The van der Waals surface area contributed by atoms with Crippen LogP contribution in [0.15, 0.2) is 12.5 Å². The molecule has 144 valence electrons. The van der Waals surface area contributed by atoms with Crippen LogP contribution < -0.4 is 0 Å². The van der Waals surface area contributed by atoms with E-state index < -0.39 is 0 Å². The van der Waals surface area contributed by atoms with E-state index in [1.165, 1.54) is 0 Å². The molecule has 2 saturated heterocycles. The summed E-state index contributed by atoms with van der Waals surface area (Å²) < 4.78 is 5.40. The number of amides is 2. The molecule has 1 atom stereocenters. The van der Waals surface area contributed by atoms with E-state index in [-0.39, 0.29) is 17.4 Å². The highest BCUT2D eigenvalue weighted by atomic mass is 16.6. The number of carbonyl (C=O) groups excluding carboxylic acids is 2. The second kappa shape index (κ2) is 8.56. The molecule has 7 nitrogen and oxygen atoms in total. The number of hydrogen-bond donors (Lipinski definition) is 1. The summed E-state index contributed by atoms with van der Waals surface area (Å²) in [5.41, 5.74) is 1.06. The van der Waals surface area contributed by atoms with Crippen molar-refractivity contribution < 1.29 is 14.3 Å². The average Bonchev–Trinajstić information content (AvgIpc) is 3.16. The number of H-pyrrole nitrogens is 1. The Kier molecular flexibility index (Phi) is 6.16. The molecule has 2 amide bonds. The van der Waals surface area contributed by atoms with Gasteiger partial charge in [0.25, 0.3) is 0 Å². The number of nitrogens with one attached hydrogen (secondary N) is 1. The van der Waals surface area contributed by atoms with Crippen LogP contribution in [0.3, 0.4) is 0 Å². The zero-order valence-electron chi connectivity index (χ0n) is 15.7. The van der Waals surface area contributed by atoms with Gasteiger partial charge in [-0.3, -0.25) is 4.79 Å². The predicted octanol–water partition coefficient (Wildman–Crippen LogP) is 2.59. The first-order valence-electron chi connectivity index (χ1n) is 9.79. The summed E-state index contributed by atoms with van der Waals surface area (Å²) in [7, 11) is 0. The van der Waals surface area contributed by atoms with E-state index in [4.69, 9.17) is 4.74 Å². The van der Waals surface area contributed by atoms with Crippen molar-refractivity contribution >= 4 is 12.0 Å². The van der Waals surface area contributed by atoms with Gasteiger partial charge in [0.1, 0.15) is 0 Å². The Bertz CT molecular complexity index is 604. The molecule has 3 rings (SSSR count). The second-order valence-electron chi connectivity index (χ2n) is 7.64. The van der Waals surface area contributed by atoms with E-state index in [1.807, 2.05) is 9.80 Å². The number of hydrogen-bond acceptors (Lipinski definition) is 4. The lowest BCUT2D eigenvalue weighted by atomic mass is 9.73. The molecule has 3 heterocycles. The summed E-state index contributed by atoms with van der Waals surface area (Å²) in [6.45, 7) is 5.47. The molecule has 0 unspecified atom stereocenters. The topological polar surface area (TPSA) is 78.5 Å². The number of rotatable bonds is 6. The van der Waals surface area contributed by atoms with E-state index in [9.17, 15) is 9.59 Å². The van der Waals surface area contributed by atoms with Crippen LogP contribution in [0.2, 0.25) is 0 Å². The van der Waals surface area contributed by atoms with Crippen LogP contribution in [0, 0.1) is 5.41 Å². The normalized spacial score (nSPS) is 23.5. The molecule has 0 aromatic carbocycles. The summed E-state index contributed by atoms with van der Waals surface area (Å²) in [5, 5.41) is 0. The van der Waals surface area contributed by atoms with Gasteiger partial charge in [-0.25, -0.2) is 9.78 Å². The lowest BCUT2D eigenvalue weighted by Crippen LogP contribution is -2.55. The fraction of sp³-hybridized carbons (Fsp3) is 0.737. The van der Waals surface area contributed by atoms with Crippen molar-refractivity contribution in [2.75, 3.05) is 32.8 Å². The van der Waals surface area contributed by atoms with Gasteiger partial charge in [0.15, 0.2) is 0 Å². The van der Waals surface area contributed by atoms with Crippen LogP contribution in [0.25, 0.3) is 0 Å². The van der Waals surface area contributed by atoms with Gasteiger partial charge in [0, 0.05) is 56.3 Å². The summed E-state index contributed by atoms with van der Waals surface area (Å²) >= 11 is 0. The Morgan fingerprint density at radius 1 is 1.38 bits per heavy atom. The SMILES string of the molecule is CCCCOC(=O)N1CCC[C@]2(CCC(=O)N(CCc3cnc[nH]3)C2)C1. The van der Waals surface area contributed by atoms with Gasteiger partial charge >= 0.3 is 6.09 Å². The van der Waals surface area contributed by atoms with Crippen molar-refractivity contribution in [1.29, 1.82) is 0 Å². The molecule has 1 spiro atoms. The first-order chi connectivity index (χ1) is 12.6. The average molecular weight is 362 g/mol. The third-order valence-corrected chi connectivity index (χ3v) is 5.60. The maximum atomic E-state index is 12.4. The minimum atomic E-state index is -0.196. The van der Waals surface area contributed by atoms with Crippen molar-refractivity contribution in [2.45, 2.75) is 51.9 Å². The first kappa shape index (κ1) is 18.7. The van der Waals surface area contributed by atoms with E-state index in [0.717, 1.165) is 57.3 Å². The molecule has 1 aromatic rings. The van der Waals surface area contributed by atoms with Crippen LogP contribution in [-0.2, 0) is 16.0 Å². The fourth-order valence-electron chi connectivity index (χ4n) is 4.07. The van der Waals surface area contributed by atoms with Crippen molar-refractivity contribution in [1.82, 2.24) is 19.8 Å². The number of imidazole rings is 1. The lowest BCUT2D eigenvalue weighted by Gasteiger charge is -2.47. The Labute approximate surface area is 155 Å². The quantitative estimate of drug-likeness (QED) is 0.789. The van der Waals surface area contributed by atoms with Crippen LogP contribution >= 0.6 is 0 Å². The van der Waals surface area contributed by atoms with Gasteiger partial charge in [-0.15, -0.1) is 0 Å². The molecule has 1 aromatic heterocycles. The van der Waals surface area contributed by atoms with Crippen LogP contribution in [0.5, 0.6) is 0 Å². The smallest absolute Gasteiger partial charge is 0.409 e. The zero-order chi connectivity index (χ0) is 18.4. The van der Waals surface area contributed by atoms with Crippen LogP contribution in [-0.4, -0.2) is 64.6 Å². The second-order valence-corrected chi connectivity index (χ2v) is 7.64. The van der Waals surface area contributed by atoms with Gasteiger partial charge in [0.05, 0.1) is 12.9 Å². The largest absolute Gasteiger partial charge is 0.449 e. The lowest BCUT2D eigenvalue weighted by molar-refractivity contribution is -0.139.